The van der Waals surface area contributed by atoms with Gasteiger partial charge in [-0.25, -0.2) is 5.10 Å². The molecule has 2 N–H and O–H groups in total. The van der Waals surface area contributed by atoms with E-state index in [0.29, 0.717) is 24.3 Å². The normalized spacial score (nSPS) is 10.8. The van der Waals surface area contributed by atoms with Crippen LogP contribution in [0, 0.1) is 0 Å². The maximum absolute atomic E-state index is 11.6. The van der Waals surface area contributed by atoms with Crippen molar-refractivity contribution in [2.75, 3.05) is 12.4 Å². The maximum atomic E-state index is 11.6. The minimum absolute atomic E-state index is 0.0592. The standard InChI is InChI=1S/C17H24N4O3S/c1-3-7-14-15(9-8-13(12(2)22)16(14)23)24-10-5-4-6-11-25-17-18-20-21-19-17/h8-9,23H,3-7,10-11H2,1-2H3,(H,18,19,20,21). The Kier molecular flexibility index (Phi) is 7.72. The molecule has 0 spiro atoms. The second-order valence-corrected chi connectivity index (χ2v) is 6.79. The van der Waals surface area contributed by atoms with Crippen molar-refractivity contribution in [3.63, 3.8) is 0 Å². The van der Waals surface area contributed by atoms with Crippen LogP contribution in [-0.2, 0) is 6.42 Å². The molecule has 0 radical (unpaired) electrons. The molecule has 0 atom stereocenters. The zero-order chi connectivity index (χ0) is 18.1. The summed E-state index contributed by atoms with van der Waals surface area (Å²) < 4.78 is 5.84. The predicted octanol–water partition coefficient (Wildman–Crippen LogP) is 3.40. The number of rotatable bonds is 11. The number of benzene rings is 1. The number of phenolic OH excluding ortho intramolecular Hbond substituents is 1. The van der Waals surface area contributed by atoms with Crippen LogP contribution in [0.3, 0.4) is 0 Å². The number of thioether (sulfide) groups is 1. The summed E-state index contributed by atoms with van der Waals surface area (Å²) in [7, 11) is 0. The van der Waals surface area contributed by atoms with E-state index >= 15 is 0 Å². The van der Waals surface area contributed by atoms with E-state index in [9.17, 15) is 9.90 Å². The topological polar surface area (TPSA) is 101 Å². The molecule has 1 heterocycles. The van der Waals surface area contributed by atoms with Crippen molar-refractivity contribution in [2.45, 2.75) is 51.1 Å². The van der Waals surface area contributed by atoms with Crippen LogP contribution < -0.4 is 4.74 Å². The molecule has 1 aromatic carbocycles. The van der Waals surface area contributed by atoms with Crippen molar-refractivity contribution >= 4 is 17.5 Å². The van der Waals surface area contributed by atoms with Crippen molar-refractivity contribution < 1.29 is 14.6 Å². The van der Waals surface area contributed by atoms with Gasteiger partial charge >= 0.3 is 0 Å². The highest BCUT2D eigenvalue weighted by Crippen LogP contribution is 2.33. The number of aromatic amines is 1. The lowest BCUT2D eigenvalue weighted by Gasteiger charge is -2.14. The molecule has 0 aliphatic rings. The summed E-state index contributed by atoms with van der Waals surface area (Å²) in [4.78, 5) is 11.6. The second kappa shape index (κ2) is 10.0. The molecule has 1 aromatic heterocycles. The Hall–Kier alpha value is -2.09. The third-order valence-corrected chi connectivity index (χ3v) is 4.67. The number of nitrogens with zero attached hydrogens (tertiary/aromatic N) is 3. The molecule has 0 fully saturated rings. The minimum atomic E-state index is -0.138. The lowest BCUT2D eigenvalue weighted by atomic mass is 10.0. The number of aromatic hydroxyl groups is 1. The van der Waals surface area contributed by atoms with Gasteiger partial charge < -0.3 is 9.84 Å². The molecule has 0 aliphatic carbocycles. The molecule has 0 saturated carbocycles. The summed E-state index contributed by atoms with van der Waals surface area (Å²) in [6, 6.07) is 3.42. The first-order valence-corrected chi connectivity index (χ1v) is 9.47. The molecule has 0 saturated heterocycles. The van der Waals surface area contributed by atoms with Crippen molar-refractivity contribution in [3.05, 3.63) is 23.3 Å². The number of Topliss-reactive ketones (excluding diaryl/α,β-unsaturated/α-hetero) is 1. The molecule has 8 heteroatoms. The van der Waals surface area contributed by atoms with Gasteiger partial charge in [0.1, 0.15) is 11.5 Å². The Bertz CT molecular complexity index is 677. The monoisotopic (exact) mass is 364 g/mol. The molecule has 7 nitrogen and oxygen atoms in total. The number of H-pyrrole nitrogens is 1. The van der Waals surface area contributed by atoms with Crippen LogP contribution in [0.15, 0.2) is 17.3 Å². The van der Waals surface area contributed by atoms with Crippen LogP contribution >= 0.6 is 11.8 Å². The summed E-state index contributed by atoms with van der Waals surface area (Å²) in [5.74, 6) is 1.54. The highest BCUT2D eigenvalue weighted by Gasteiger charge is 2.15. The quantitative estimate of drug-likeness (QED) is 0.358. The van der Waals surface area contributed by atoms with E-state index in [1.165, 1.54) is 6.92 Å². The van der Waals surface area contributed by atoms with Gasteiger partial charge in [-0.3, -0.25) is 4.79 Å². The molecule has 0 amide bonds. The Balaban J connectivity index is 1.77. The number of phenols is 1. The number of unbranched alkanes of at least 4 members (excludes halogenated alkanes) is 2. The minimum Gasteiger partial charge on any atom is -0.507 e. The fourth-order valence-corrected chi connectivity index (χ4v) is 3.21. The van der Waals surface area contributed by atoms with Crippen LogP contribution in [0.1, 0.15) is 55.5 Å². The zero-order valence-electron chi connectivity index (χ0n) is 14.6. The van der Waals surface area contributed by atoms with Crippen LogP contribution in [0.2, 0.25) is 0 Å². The third-order valence-electron chi connectivity index (χ3n) is 3.73. The van der Waals surface area contributed by atoms with Gasteiger partial charge in [-0.05, 0) is 55.2 Å². The van der Waals surface area contributed by atoms with Gasteiger partial charge in [0.2, 0.25) is 5.16 Å². The van der Waals surface area contributed by atoms with E-state index in [1.807, 2.05) is 6.92 Å². The summed E-state index contributed by atoms with van der Waals surface area (Å²) >= 11 is 1.60. The second-order valence-electron chi connectivity index (χ2n) is 5.71. The first kappa shape index (κ1) is 19.2. The fourth-order valence-electron chi connectivity index (χ4n) is 2.47. The average molecular weight is 364 g/mol. The molecule has 0 aliphatic heterocycles. The summed E-state index contributed by atoms with van der Waals surface area (Å²) in [5.41, 5.74) is 1.08. The van der Waals surface area contributed by atoms with Gasteiger partial charge in [-0.2, -0.15) is 0 Å². The van der Waals surface area contributed by atoms with Crippen molar-refractivity contribution in [2.24, 2.45) is 0 Å². The number of hydrogen-bond acceptors (Lipinski definition) is 7. The number of ether oxygens (including phenoxy) is 1. The Morgan fingerprint density at radius 1 is 1.32 bits per heavy atom. The Morgan fingerprint density at radius 3 is 2.84 bits per heavy atom. The average Bonchev–Trinajstić information content (AvgIpc) is 3.10. The largest absolute Gasteiger partial charge is 0.507 e. The van der Waals surface area contributed by atoms with Crippen LogP contribution in [-0.4, -0.2) is 43.9 Å². The van der Waals surface area contributed by atoms with E-state index in [2.05, 4.69) is 20.6 Å². The molecule has 0 bridgehead atoms. The van der Waals surface area contributed by atoms with Gasteiger partial charge in [0.25, 0.3) is 0 Å². The van der Waals surface area contributed by atoms with Gasteiger partial charge in [-0.1, -0.05) is 25.1 Å². The number of hydrogen-bond donors (Lipinski definition) is 2. The summed E-state index contributed by atoms with van der Waals surface area (Å²) in [6.07, 6.45) is 4.57. The number of aromatic nitrogens is 4. The molecular formula is C17H24N4O3S. The van der Waals surface area contributed by atoms with Gasteiger partial charge in [0, 0.05) is 11.3 Å². The first-order chi connectivity index (χ1) is 12.1. The molecule has 136 valence electrons. The van der Waals surface area contributed by atoms with E-state index < -0.39 is 0 Å². The highest BCUT2D eigenvalue weighted by molar-refractivity contribution is 7.99. The number of carbonyl (C=O) groups is 1. The number of ketones is 1. The van der Waals surface area contributed by atoms with E-state index in [0.717, 1.165) is 42.2 Å². The number of nitrogens with one attached hydrogen (secondary N) is 1. The predicted molar refractivity (Wildman–Crippen MR) is 96.4 cm³/mol. The lowest BCUT2D eigenvalue weighted by Crippen LogP contribution is -2.03. The maximum Gasteiger partial charge on any atom is 0.206 e. The molecule has 0 unspecified atom stereocenters. The van der Waals surface area contributed by atoms with Gasteiger partial charge in [0.15, 0.2) is 5.78 Å². The smallest absolute Gasteiger partial charge is 0.206 e. The van der Waals surface area contributed by atoms with Gasteiger partial charge in [0.05, 0.1) is 12.2 Å². The van der Waals surface area contributed by atoms with Crippen LogP contribution in [0.25, 0.3) is 0 Å². The van der Waals surface area contributed by atoms with Crippen LogP contribution in [0.4, 0.5) is 0 Å². The first-order valence-electron chi connectivity index (χ1n) is 8.48. The summed E-state index contributed by atoms with van der Waals surface area (Å²) in [6.45, 7) is 4.08. The fraction of sp³-hybridized carbons (Fsp3) is 0.529. The number of carbonyl (C=O) groups excluding carboxylic acids is 1. The Morgan fingerprint density at radius 2 is 2.16 bits per heavy atom. The van der Waals surface area contributed by atoms with Gasteiger partial charge in [-0.15, -0.1) is 5.10 Å². The SMILES string of the molecule is CCCc1c(OCCCCCSc2nnn[nH]2)ccc(C(C)=O)c1O. The van der Waals surface area contributed by atoms with E-state index in [1.54, 1.807) is 23.9 Å². The lowest BCUT2D eigenvalue weighted by molar-refractivity contribution is 0.101. The zero-order valence-corrected chi connectivity index (χ0v) is 15.4. The molecular weight excluding hydrogens is 340 g/mol. The number of tetrazole rings is 1. The Labute approximate surface area is 151 Å². The third kappa shape index (κ3) is 5.74. The van der Waals surface area contributed by atoms with E-state index in [4.69, 9.17) is 4.74 Å². The molecule has 2 aromatic rings. The van der Waals surface area contributed by atoms with Crippen molar-refractivity contribution in [1.82, 2.24) is 20.6 Å². The highest BCUT2D eigenvalue weighted by atomic mass is 32.2. The molecule has 2 rings (SSSR count). The van der Waals surface area contributed by atoms with Crippen molar-refractivity contribution in [1.29, 1.82) is 0 Å². The van der Waals surface area contributed by atoms with Crippen LogP contribution in [0.5, 0.6) is 11.5 Å². The van der Waals surface area contributed by atoms with Crippen molar-refractivity contribution in [3.8, 4) is 11.5 Å². The summed E-state index contributed by atoms with van der Waals surface area (Å²) in [5, 5.41) is 24.6. The molecule has 25 heavy (non-hydrogen) atoms. The van der Waals surface area contributed by atoms with E-state index in [-0.39, 0.29) is 11.5 Å².